The molecular formula is C7H10N2. The number of fused-ring (bicyclic) bond motifs is 1. The highest BCUT2D eigenvalue weighted by Crippen LogP contribution is 2.24. The van der Waals surface area contributed by atoms with Crippen molar-refractivity contribution in [1.29, 1.82) is 0 Å². The Balaban J connectivity index is 2.42. The highest BCUT2D eigenvalue weighted by atomic mass is 15.2. The molecule has 1 aromatic rings. The highest BCUT2D eigenvalue weighted by molar-refractivity contribution is 5.20. The first kappa shape index (κ1) is 5.03. The van der Waals surface area contributed by atoms with E-state index in [9.17, 15) is 0 Å². The molecule has 0 unspecified atom stereocenters. The molecule has 0 bridgehead atoms. The maximum atomic E-state index is 4.25. The summed E-state index contributed by atoms with van der Waals surface area (Å²) in [5.74, 6) is 1.83. The second kappa shape index (κ2) is 1.38. The average molecular weight is 122 g/mol. The lowest BCUT2D eigenvalue weighted by Crippen LogP contribution is -1.93. The van der Waals surface area contributed by atoms with Gasteiger partial charge in [0.2, 0.25) is 0 Å². The largest absolute Gasteiger partial charge is 0.324 e. The van der Waals surface area contributed by atoms with Crippen molar-refractivity contribution in [2.45, 2.75) is 26.3 Å². The minimum atomic E-state index is 0.584. The monoisotopic (exact) mass is 122 g/mol. The third-order valence-electron chi connectivity index (χ3n) is 1.70. The Kier molecular flexibility index (Phi) is 0.770. The molecule has 1 aliphatic rings. The molecule has 9 heavy (non-hydrogen) atoms. The highest BCUT2D eigenvalue weighted by Gasteiger charge is 2.22. The maximum Gasteiger partial charge on any atom is 0.111 e. The van der Waals surface area contributed by atoms with E-state index in [0.29, 0.717) is 5.92 Å². The molecule has 0 saturated heterocycles. The molecule has 1 aromatic heterocycles. The van der Waals surface area contributed by atoms with Crippen LogP contribution in [-0.2, 0) is 6.54 Å². The van der Waals surface area contributed by atoms with E-state index in [4.69, 9.17) is 0 Å². The average Bonchev–Trinajstić information content (AvgIpc) is 2.43. The van der Waals surface area contributed by atoms with Crippen LogP contribution in [0.1, 0.15) is 31.3 Å². The molecule has 0 atom stereocenters. The van der Waals surface area contributed by atoms with Crippen LogP contribution in [0.25, 0.3) is 0 Å². The van der Waals surface area contributed by atoms with E-state index < -0.39 is 0 Å². The first-order valence-corrected chi connectivity index (χ1v) is 3.33. The lowest BCUT2D eigenvalue weighted by atomic mass is 10.2. The second-order valence-electron chi connectivity index (χ2n) is 2.85. The van der Waals surface area contributed by atoms with Crippen LogP contribution in [-0.4, -0.2) is 9.55 Å². The molecule has 0 radical (unpaired) electrons. The molecule has 0 spiro atoms. The van der Waals surface area contributed by atoms with Crippen molar-refractivity contribution in [3.63, 3.8) is 0 Å². The molecule has 0 aromatic carbocycles. The molecule has 0 N–H and O–H groups in total. The summed E-state index contributed by atoms with van der Waals surface area (Å²) in [5, 5.41) is 0. The van der Waals surface area contributed by atoms with Crippen molar-refractivity contribution in [1.82, 2.24) is 9.55 Å². The Morgan fingerprint density at radius 1 is 1.67 bits per heavy atom. The van der Waals surface area contributed by atoms with Gasteiger partial charge in [-0.05, 0) is 0 Å². The van der Waals surface area contributed by atoms with Gasteiger partial charge in [0.1, 0.15) is 5.82 Å². The minimum absolute atomic E-state index is 0.584. The van der Waals surface area contributed by atoms with Crippen LogP contribution >= 0.6 is 0 Å². The van der Waals surface area contributed by atoms with Crippen LogP contribution in [0.2, 0.25) is 0 Å². The molecule has 1 aliphatic heterocycles. The maximum absolute atomic E-state index is 4.25. The van der Waals surface area contributed by atoms with Crippen molar-refractivity contribution in [2.24, 2.45) is 0 Å². The molecule has 48 valence electrons. The van der Waals surface area contributed by atoms with Gasteiger partial charge in [0.15, 0.2) is 0 Å². The smallest absolute Gasteiger partial charge is 0.111 e. The van der Waals surface area contributed by atoms with Gasteiger partial charge in [-0.2, -0.15) is 0 Å². The van der Waals surface area contributed by atoms with Gasteiger partial charge < -0.3 is 4.57 Å². The molecular weight excluding hydrogens is 112 g/mol. The fraction of sp³-hybridized carbons (Fsp3) is 0.571. The summed E-state index contributed by atoms with van der Waals surface area (Å²) in [4.78, 5) is 4.25. The number of imidazole rings is 1. The van der Waals surface area contributed by atoms with Crippen molar-refractivity contribution in [3.05, 3.63) is 17.7 Å². The van der Waals surface area contributed by atoms with E-state index in [1.165, 1.54) is 11.5 Å². The number of hydrogen-bond acceptors (Lipinski definition) is 1. The van der Waals surface area contributed by atoms with Crippen LogP contribution in [0.5, 0.6) is 0 Å². The van der Waals surface area contributed by atoms with Crippen molar-refractivity contribution in [3.8, 4) is 0 Å². The van der Waals surface area contributed by atoms with E-state index >= 15 is 0 Å². The summed E-state index contributed by atoms with van der Waals surface area (Å²) in [7, 11) is 0. The Morgan fingerprint density at radius 2 is 2.44 bits per heavy atom. The summed E-state index contributed by atoms with van der Waals surface area (Å²) >= 11 is 0. The molecule has 0 saturated carbocycles. The Labute approximate surface area is 54.5 Å². The third-order valence-corrected chi connectivity index (χ3v) is 1.70. The quantitative estimate of drug-likeness (QED) is 0.558. The third kappa shape index (κ3) is 0.590. The van der Waals surface area contributed by atoms with Gasteiger partial charge in [0, 0.05) is 5.92 Å². The standard InChI is InChI=1S/C7H10N2/c1-5(2)7-8-3-6-4-9(6)7/h3,5H,4H2,1-2H3. The molecule has 0 fully saturated rings. The minimum Gasteiger partial charge on any atom is -0.324 e. The number of rotatable bonds is 1. The van der Waals surface area contributed by atoms with Crippen LogP contribution in [0.15, 0.2) is 6.20 Å². The van der Waals surface area contributed by atoms with Crippen molar-refractivity contribution in [2.75, 3.05) is 0 Å². The van der Waals surface area contributed by atoms with E-state index in [1.807, 2.05) is 6.20 Å². The topological polar surface area (TPSA) is 17.8 Å². The molecule has 0 amide bonds. The fourth-order valence-corrected chi connectivity index (χ4v) is 1.14. The first-order valence-electron chi connectivity index (χ1n) is 3.33. The Bertz CT molecular complexity index is 235. The molecule has 2 heteroatoms. The summed E-state index contributed by atoms with van der Waals surface area (Å²) in [6.45, 7) is 5.48. The lowest BCUT2D eigenvalue weighted by molar-refractivity contribution is 0.750. The van der Waals surface area contributed by atoms with E-state index in [2.05, 4.69) is 23.4 Å². The Hall–Kier alpha value is -0.790. The number of aromatic nitrogens is 2. The molecule has 2 rings (SSSR count). The van der Waals surface area contributed by atoms with Gasteiger partial charge in [-0.1, -0.05) is 13.8 Å². The van der Waals surface area contributed by atoms with Gasteiger partial charge in [0.05, 0.1) is 18.4 Å². The van der Waals surface area contributed by atoms with Crippen LogP contribution < -0.4 is 0 Å². The molecule has 2 heterocycles. The van der Waals surface area contributed by atoms with Gasteiger partial charge in [-0.3, -0.25) is 0 Å². The van der Waals surface area contributed by atoms with E-state index in [1.54, 1.807) is 0 Å². The second-order valence-corrected chi connectivity index (χ2v) is 2.85. The zero-order valence-electron chi connectivity index (χ0n) is 5.76. The predicted octanol–water partition coefficient (Wildman–Crippen LogP) is 1.37. The van der Waals surface area contributed by atoms with Gasteiger partial charge in [-0.15, -0.1) is 0 Å². The number of nitrogens with zero attached hydrogens (tertiary/aromatic N) is 2. The van der Waals surface area contributed by atoms with Crippen LogP contribution in [0.4, 0.5) is 0 Å². The summed E-state index contributed by atoms with van der Waals surface area (Å²) < 4.78 is 2.25. The fourth-order valence-electron chi connectivity index (χ4n) is 1.14. The van der Waals surface area contributed by atoms with E-state index in [0.717, 1.165) is 6.54 Å². The number of hydrogen-bond donors (Lipinski definition) is 0. The zero-order valence-corrected chi connectivity index (χ0v) is 5.76. The summed E-state index contributed by atoms with van der Waals surface area (Å²) in [6, 6.07) is 0. The molecule has 2 nitrogen and oxygen atoms in total. The van der Waals surface area contributed by atoms with Crippen LogP contribution in [0, 0.1) is 0 Å². The summed E-state index contributed by atoms with van der Waals surface area (Å²) in [6.07, 6.45) is 1.97. The zero-order chi connectivity index (χ0) is 6.43. The van der Waals surface area contributed by atoms with Crippen molar-refractivity contribution >= 4 is 0 Å². The van der Waals surface area contributed by atoms with E-state index in [-0.39, 0.29) is 0 Å². The van der Waals surface area contributed by atoms with Crippen molar-refractivity contribution < 1.29 is 0 Å². The molecule has 0 aliphatic carbocycles. The first-order chi connectivity index (χ1) is 4.29. The normalized spacial score (nSPS) is 14.1. The SMILES string of the molecule is CC(C)c1ncc2n1C2. The van der Waals surface area contributed by atoms with Crippen LogP contribution in [0.3, 0.4) is 0 Å². The Morgan fingerprint density at radius 3 is 2.67 bits per heavy atom. The predicted molar refractivity (Wildman–Crippen MR) is 35.4 cm³/mol. The van der Waals surface area contributed by atoms with Gasteiger partial charge in [0.25, 0.3) is 0 Å². The van der Waals surface area contributed by atoms with Gasteiger partial charge >= 0.3 is 0 Å². The summed E-state index contributed by atoms with van der Waals surface area (Å²) in [5.41, 5.74) is 1.39. The lowest BCUT2D eigenvalue weighted by Gasteiger charge is -1.98. The van der Waals surface area contributed by atoms with Gasteiger partial charge in [-0.25, -0.2) is 4.98 Å².